The average molecular weight is 269 g/mol. The molecule has 0 spiro atoms. The lowest BCUT2D eigenvalue weighted by molar-refractivity contribution is 0.0598. The highest BCUT2D eigenvalue weighted by Gasteiger charge is 2.22. The molecule has 3 heteroatoms. The zero-order valence-electron chi connectivity index (χ0n) is 12.0. The second-order valence-electron chi connectivity index (χ2n) is 4.86. The molecule has 0 radical (unpaired) electrons. The first-order valence-corrected chi connectivity index (χ1v) is 6.53. The van der Waals surface area contributed by atoms with E-state index in [4.69, 9.17) is 4.74 Å². The van der Waals surface area contributed by atoms with Crippen molar-refractivity contribution in [2.24, 2.45) is 0 Å². The number of benzene rings is 2. The van der Waals surface area contributed by atoms with Gasteiger partial charge >= 0.3 is 5.97 Å². The number of ether oxygens (including phenoxy) is 1. The summed E-state index contributed by atoms with van der Waals surface area (Å²) < 4.78 is 4.89. The van der Waals surface area contributed by atoms with E-state index in [2.05, 4.69) is 17.0 Å². The lowest BCUT2D eigenvalue weighted by Crippen LogP contribution is -2.23. The van der Waals surface area contributed by atoms with Crippen LogP contribution in [0.1, 0.15) is 27.5 Å². The fourth-order valence-electron chi connectivity index (χ4n) is 2.42. The molecule has 0 saturated carbocycles. The van der Waals surface area contributed by atoms with Crippen LogP contribution in [0.3, 0.4) is 0 Å². The topological polar surface area (TPSA) is 29.5 Å². The fourth-order valence-corrected chi connectivity index (χ4v) is 2.42. The van der Waals surface area contributed by atoms with Crippen molar-refractivity contribution < 1.29 is 9.53 Å². The molecule has 0 fully saturated rings. The molecular formula is C17H19NO2. The van der Waals surface area contributed by atoms with E-state index < -0.39 is 0 Å². The van der Waals surface area contributed by atoms with Gasteiger partial charge in [-0.3, -0.25) is 4.90 Å². The minimum atomic E-state index is -0.302. The van der Waals surface area contributed by atoms with Crippen LogP contribution in [-0.4, -0.2) is 32.1 Å². The lowest BCUT2D eigenvalue weighted by atomic mass is 9.93. The highest BCUT2D eigenvalue weighted by molar-refractivity contribution is 5.91. The van der Waals surface area contributed by atoms with E-state index in [9.17, 15) is 4.79 Å². The third kappa shape index (κ3) is 2.89. The summed E-state index contributed by atoms with van der Waals surface area (Å²) >= 11 is 0. The van der Waals surface area contributed by atoms with Crippen LogP contribution in [0, 0.1) is 0 Å². The summed E-state index contributed by atoms with van der Waals surface area (Å²) in [6.07, 6.45) is 0. The van der Waals surface area contributed by atoms with Gasteiger partial charge in [-0.15, -0.1) is 0 Å². The van der Waals surface area contributed by atoms with Crippen molar-refractivity contribution in [3.8, 4) is 0 Å². The van der Waals surface area contributed by atoms with Gasteiger partial charge in [0, 0.05) is 0 Å². The van der Waals surface area contributed by atoms with Crippen LogP contribution in [0.5, 0.6) is 0 Å². The van der Waals surface area contributed by atoms with Gasteiger partial charge in [0.2, 0.25) is 0 Å². The Morgan fingerprint density at radius 2 is 1.60 bits per heavy atom. The van der Waals surface area contributed by atoms with Crippen LogP contribution in [0.4, 0.5) is 0 Å². The van der Waals surface area contributed by atoms with Crippen molar-refractivity contribution >= 4 is 5.97 Å². The van der Waals surface area contributed by atoms with Crippen molar-refractivity contribution in [1.29, 1.82) is 0 Å². The van der Waals surface area contributed by atoms with E-state index >= 15 is 0 Å². The van der Waals surface area contributed by atoms with Gasteiger partial charge in [0.15, 0.2) is 0 Å². The maximum Gasteiger partial charge on any atom is 0.338 e. The number of hydrogen-bond donors (Lipinski definition) is 0. The first kappa shape index (κ1) is 14.3. The summed E-state index contributed by atoms with van der Waals surface area (Å²) in [5.74, 6) is -0.302. The number of hydrogen-bond acceptors (Lipinski definition) is 3. The number of methoxy groups -OCH3 is 1. The maximum atomic E-state index is 12.0. The van der Waals surface area contributed by atoms with Crippen molar-refractivity contribution in [1.82, 2.24) is 4.90 Å². The normalized spacial score (nSPS) is 12.2. The Kier molecular flexibility index (Phi) is 4.53. The highest BCUT2D eigenvalue weighted by Crippen LogP contribution is 2.29. The summed E-state index contributed by atoms with van der Waals surface area (Å²) in [6.45, 7) is 0. The molecule has 0 amide bonds. The molecule has 104 valence electrons. The number of carbonyl (C=O) groups excluding carboxylic acids is 1. The molecule has 0 saturated heterocycles. The quantitative estimate of drug-likeness (QED) is 0.799. The minimum Gasteiger partial charge on any atom is -0.465 e. The highest BCUT2D eigenvalue weighted by atomic mass is 16.5. The van der Waals surface area contributed by atoms with Crippen molar-refractivity contribution in [2.75, 3.05) is 21.2 Å². The monoisotopic (exact) mass is 269 g/mol. The Bertz CT molecular complexity index is 579. The van der Waals surface area contributed by atoms with E-state index in [1.54, 1.807) is 6.07 Å². The van der Waals surface area contributed by atoms with Crippen LogP contribution in [0.15, 0.2) is 54.6 Å². The summed E-state index contributed by atoms with van der Waals surface area (Å²) in [6, 6.07) is 17.7. The van der Waals surface area contributed by atoms with Crippen molar-refractivity contribution in [3.63, 3.8) is 0 Å². The second-order valence-corrected chi connectivity index (χ2v) is 4.86. The molecule has 1 atom stereocenters. The average Bonchev–Trinajstić information content (AvgIpc) is 2.48. The van der Waals surface area contributed by atoms with E-state index in [0.29, 0.717) is 5.56 Å². The van der Waals surface area contributed by atoms with Gasteiger partial charge in [-0.25, -0.2) is 4.79 Å². The molecule has 0 aromatic heterocycles. The maximum absolute atomic E-state index is 12.0. The van der Waals surface area contributed by atoms with Gasteiger partial charge in [-0.1, -0.05) is 48.5 Å². The van der Waals surface area contributed by atoms with Crippen LogP contribution >= 0.6 is 0 Å². The molecule has 2 aromatic carbocycles. The molecule has 0 aliphatic heterocycles. The second kappa shape index (κ2) is 6.35. The Balaban J connectivity index is 2.54. The Morgan fingerprint density at radius 3 is 2.20 bits per heavy atom. The van der Waals surface area contributed by atoms with E-state index in [1.165, 1.54) is 7.11 Å². The Morgan fingerprint density at radius 1 is 1.00 bits per heavy atom. The van der Waals surface area contributed by atoms with Crippen LogP contribution in [0.2, 0.25) is 0 Å². The number of carbonyl (C=O) groups is 1. The number of rotatable bonds is 4. The molecule has 0 bridgehead atoms. The Hall–Kier alpha value is -2.13. The first-order valence-electron chi connectivity index (χ1n) is 6.53. The summed E-state index contributed by atoms with van der Waals surface area (Å²) in [5.41, 5.74) is 2.71. The zero-order valence-corrected chi connectivity index (χ0v) is 12.0. The zero-order chi connectivity index (χ0) is 14.5. The molecule has 0 heterocycles. The summed E-state index contributed by atoms with van der Waals surface area (Å²) in [4.78, 5) is 14.0. The molecule has 1 unspecified atom stereocenters. The van der Waals surface area contributed by atoms with Gasteiger partial charge in [0.1, 0.15) is 0 Å². The van der Waals surface area contributed by atoms with Crippen LogP contribution in [-0.2, 0) is 4.74 Å². The van der Waals surface area contributed by atoms with Gasteiger partial charge < -0.3 is 4.74 Å². The number of nitrogens with zero attached hydrogens (tertiary/aromatic N) is 1. The predicted octanol–water partition coefficient (Wildman–Crippen LogP) is 3.12. The number of esters is 1. The van der Waals surface area contributed by atoms with Crippen LogP contribution < -0.4 is 0 Å². The van der Waals surface area contributed by atoms with Gasteiger partial charge in [-0.2, -0.15) is 0 Å². The van der Waals surface area contributed by atoms with E-state index in [-0.39, 0.29) is 12.0 Å². The molecule has 2 aromatic rings. The third-order valence-corrected chi connectivity index (χ3v) is 3.29. The molecule has 0 aliphatic rings. The first-order chi connectivity index (χ1) is 9.65. The third-order valence-electron chi connectivity index (χ3n) is 3.29. The minimum absolute atomic E-state index is 0.0199. The van der Waals surface area contributed by atoms with Gasteiger partial charge in [-0.05, 0) is 31.3 Å². The van der Waals surface area contributed by atoms with E-state index in [0.717, 1.165) is 11.1 Å². The molecule has 3 nitrogen and oxygen atoms in total. The molecule has 0 N–H and O–H groups in total. The SMILES string of the molecule is COC(=O)c1ccccc1C(c1ccccc1)N(C)C. The standard InChI is InChI=1S/C17H19NO2/c1-18(2)16(13-9-5-4-6-10-13)14-11-7-8-12-15(14)17(19)20-3/h4-12,16H,1-3H3. The summed E-state index contributed by atoms with van der Waals surface area (Å²) in [7, 11) is 5.42. The van der Waals surface area contributed by atoms with Crippen molar-refractivity contribution in [3.05, 3.63) is 71.3 Å². The smallest absolute Gasteiger partial charge is 0.338 e. The Labute approximate surface area is 119 Å². The van der Waals surface area contributed by atoms with Gasteiger partial charge in [0.25, 0.3) is 0 Å². The van der Waals surface area contributed by atoms with Crippen LogP contribution in [0.25, 0.3) is 0 Å². The summed E-state index contributed by atoms with van der Waals surface area (Å²) in [5, 5.41) is 0. The molecule has 20 heavy (non-hydrogen) atoms. The van der Waals surface area contributed by atoms with E-state index in [1.807, 2.05) is 50.5 Å². The lowest BCUT2D eigenvalue weighted by Gasteiger charge is -2.26. The molecule has 0 aliphatic carbocycles. The van der Waals surface area contributed by atoms with Gasteiger partial charge in [0.05, 0.1) is 18.7 Å². The largest absolute Gasteiger partial charge is 0.465 e. The molecular weight excluding hydrogens is 250 g/mol. The fraction of sp³-hybridized carbons (Fsp3) is 0.235. The van der Waals surface area contributed by atoms with Crippen molar-refractivity contribution in [2.45, 2.75) is 6.04 Å². The predicted molar refractivity (Wildman–Crippen MR) is 79.8 cm³/mol. The molecule has 2 rings (SSSR count).